The lowest BCUT2D eigenvalue weighted by atomic mass is 9.72. The molecule has 3 unspecified atom stereocenters. The lowest BCUT2D eigenvalue weighted by molar-refractivity contribution is 0.294. The maximum absolute atomic E-state index is 9.24. The second-order valence-corrected chi connectivity index (χ2v) is 4.89. The van der Waals surface area contributed by atoms with E-state index in [0.29, 0.717) is 17.7 Å². The Hall–Kier alpha value is -1.00. The zero-order valence-electron chi connectivity index (χ0n) is 9.27. The van der Waals surface area contributed by atoms with Gasteiger partial charge in [0.2, 0.25) is 0 Å². The van der Waals surface area contributed by atoms with E-state index in [2.05, 4.69) is 30.3 Å². The Labute approximate surface area is 102 Å². The van der Waals surface area contributed by atoms with Gasteiger partial charge in [0.25, 0.3) is 0 Å². The predicted molar refractivity (Wildman–Crippen MR) is 66.3 cm³/mol. The molecular weight excluding hydrogens is 218 g/mol. The fourth-order valence-electron chi connectivity index (χ4n) is 2.64. The van der Waals surface area contributed by atoms with Crippen molar-refractivity contribution in [2.45, 2.75) is 25.2 Å². The Balaban J connectivity index is 2.14. The quantitative estimate of drug-likeness (QED) is 0.710. The molecule has 0 spiro atoms. The van der Waals surface area contributed by atoms with Gasteiger partial charge in [0.05, 0.1) is 12.0 Å². The summed E-state index contributed by atoms with van der Waals surface area (Å²) in [6.07, 6.45) is 3.21. The molecule has 0 radical (unpaired) electrons. The highest BCUT2D eigenvalue weighted by Crippen LogP contribution is 2.40. The summed E-state index contributed by atoms with van der Waals surface area (Å²) in [5, 5.41) is 9.24. The van der Waals surface area contributed by atoms with Crippen LogP contribution in [0.4, 0.5) is 0 Å². The van der Waals surface area contributed by atoms with E-state index in [4.69, 9.17) is 11.6 Å². The molecule has 1 aliphatic carbocycles. The van der Waals surface area contributed by atoms with Gasteiger partial charge in [-0.1, -0.05) is 30.3 Å². The minimum Gasteiger partial charge on any atom is -0.198 e. The van der Waals surface area contributed by atoms with Crippen LogP contribution in [0.25, 0.3) is 0 Å². The van der Waals surface area contributed by atoms with Crippen molar-refractivity contribution in [1.82, 2.24) is 0 Å². The normalized spacial score (nSPS) is 29.6. The summed E-state index contributed by atoms with van der Waals surface area (Å²) in [6, 6.07) is 12.9. The molecule has 0 aromatic heterocycles. The summed E-state index contributed by atoms with van der Waals surface area (Å²) >= 11 is 5.89. The SMILES string of the molecule is N#CC1CC(CCl)CCC1c1ccccc1. The van der Waals surface area contributed by atoms with Gasteiger partial charge in [-0.05, 0) is 36.7 Å². The van der Waals surface area contributed by atoms with E-state index >= 15 is 0 Å². The number of alkyl halides is 1. The van der Waals surface area contributed by atoms with E-state index in [-0.39, 0.29) is 5.92 Å². The molecule has 1 saturated carbocycles. The van der Waals surface area contributed by atoms with E-state index in [1.807, 2.05) is 6.07 Å². The first-order valence-corrected chi connectivity index (χ1v) is 6.39. The summed E-state index contributed by atoms with van der Waals surface area (Å²) < 4.78 is 0. The predicted octanol–water partition coefficient (Wildman–Crippen LogP) is 3.95. The first-order chi connectivity index (χ1) is 7.85. The second-order valence-electron chi connectivity index (χ2n) is 4.59. The zero-order valence-corrected chi connectivity index (χ0v) is 10.0. The van der Waals surface area contributed by atoms with Gasteiger partial charge >= 0.3 is 0 Å². The van der Waals surface area contributed by atoms with Gasteiger partial charge < -0.3 is 0 Å². The van der Waals surface area contributed by atoms with Crippen LogP contribution in [0.15, 0.2) is 30.3 Å². The third-order valence-electron chi connectivity index (χ3n) is 3.57. The van der Waals surface area contributed by atoms with Crippen LogP contribution in [0.2, 0.25) is 0 Å². The van der Waals surface area contributed by atoms with Crippen LogP contribution >= 0.6 is 11.6 Å². The minimum atomic E-state index is 0.139. The van der Waals surface area contributed by atoms with Crippen LogP contribution in [0.1, 0.15) is 30.7 Å². The molecule has 1 aromatic rings. The number of nitrogens with zero attached hydrogens (tertiary/aromatic N) is 1. The fourth-order valence-corrected chi connectivity index (χ4v) is 2.92. The summed E-state index contributed by atoms with van der Waals surface area (Å²) in [7, 11) is 0. The molecule has 84 valence electrons. The lowest BCUT2D eigenvalue weighted by Crippen LogP contribution is -2.23. The number of benzene rings is 1. The first-order valence-electron chi connectivity index (χ1n) is 5.85. The van der Waals surface area contributed by atoms with E-state index in [1.165, 1.54) is 5.56 Å². The van der Waals surface area contributed by atoms with Crippen molar-refractivity contribution in [3.63, 3.8) is 0 Å². The molecule has 1 nitrogen and oxygen atoms in total. The van der Waals surface area contributed by atoms with E-state index < -0.39 is 0 Å². The van der Waals surface area contributed by atoms with E-state index in [1.54, 1.807) is 0 Å². The van der Waals surface area contributed by atoms with Gasteiger partial charge in [0, 0.05) is 5.88 Å². The van der Waals surface area contributed by atoms with Crippen molar-refractivity contribution in [3.05, 3.63) is 35.9 Å². The maximum Gasteiger partial charge on any atom is 0.0662 e. The zero-order chi connectivity index (χ0) is 11.4. The molecule has 0 aliphatic heterocycles. The van der Waals surface area contributed by atoms with Crippen molar-refractivity contribution in [2.24, 2.45) is 11.8 Å². The Bertz CT molecular complexity index is 368. The Morgan fingerprint density at radius 3 is 2.62 bits per heavy atom. The van der Waals surface area contributed by atoms with Gasteiger partial charge in [-0.2, -0.15) is 5.26 Å². The molecule has 2 rings (SSSR count). The molecule has 1 fully saturated rings. The lowest BCUT2D eigenvalue weighted by Gasteiger charge is -2.31. The molecule has 16 heavy (non-hydrogen) atoms. The topological polar surface area (TPSA) is 23.8 Å². The number of hydrogen-bond donors (Lipinski definition) is 0. The first kappa shape index (κ1) is 11.5. The van der Waals surface area contributed by atoms with Crippen LogP contribution in [0.5, 0.6) is 0 Å². The molecule has 0 heterocycles. The number of hydrogen-bond acceptors (Lipinski definition) is 1. The third-order valence-corrected chi connectivity index (χ3v) is 4.01. The maximum atomic E-state index is 9.24. The average molecular weight is 234 g/mol. The molecule has 2 heteroatoms. The van der Waals surface area contributed by atoms with Gasteiger partial charge in [-0.15, -0.1) is 11.6 Å². The Morgan fingerprint density at radius 1 is 1.25 bits per heavy atom. The van der Waals surface area contributed by atoms with Crippen LogP contribution in [-0.2, 0) is 0 Å². The third kappa shape index (κ3) is 2.39. The fraction of sp³-hybridized carbons (Fsp3) is 0.500. The van der Waals surface area contributed by atoms with Gasteiger partial charge in [-0.3, -0.25) is 0 Å². The van der Waals surface area contributed by atoms with Crippen LogP contribution < -0.4 is 0 Å². The van der Waals surface area contributed by atoms with E-state index in [0.717, 1.165) is 19.3 Å². The summed E-state index contributed by atoms with van der Waals surface area (Å²) in [5.41, 5.74) is 1.31. The van der Waals surface area contributed by atoms with Crippen molar-refractivity contribution < 1.29 is 0 Å². The Morgan fingerprint density at radius 2 is 2.00 bits per heavy atom. The Kier molecular flexibility index (Phi) is 3.85. The molecule has 0 amide bonds. The van der Waals surface area contributed by atoms with Crippen LogP contribution in [0, 0.1) is 23.2 Å². The smallest absolute Gasteiger partial charge is 0.0662 e. The highest BCUT2D eigenvalue weighted by atomic mass is 35.5. The van der Waals surface area contributed by atoms with Crippen LogP contribution in [0.3, 0.4) is 0 Å². The molecular formula is C14H16ClN. The number of halogens is 1. The van der Waals surface area contributed by atoms with E-state index in [9.17, 15) is 5.26 Å². The monoisotopic (exact) mass is 233 g/mol. The van der Waals surface area contributed by atoms with Crippen molar-refractivity contribution in [3.8, 4) is 6.07 Å². The van der Waals surface area contributed by atoms with Crippen molar-refractivity contribution in [2.75, 3.05) is 5.88 Å². The largest absolute Gasteiger partial charge is 0.198 e. The minimum absolute atomic E-state index is 0.139. The van der Waals surface area contributed by atoms with Gasteiger partial charge in [-0.25, -0.2) is 0 Å². The standard InChI is InChI=1S/C14H16ClN/c15-9-11-6-7-14(13(8-11)10-16)12-4-2-1-3-5-12/h1-5,11,13-14H,6-9H2. The molecule has 1 aromatic carbocycles. The highest BCUT2D eigenvalue weighted by molar-refractivity contribution is 6.18. The molecule has 0 N–H and O–H groups in total. The summed E-state index contributed by atoms with van der Waals surface area (Å²) in [6.45, 7) is 0. The van der Waals surface area contributed by atoms with Gasteiger partial charge in [0.1, 0.15) is 0 Å². The van der Waals surface area contributed by atoms with Crippen LogP contribution in [-0.4, -0.2) is 5.88 Å². The second kappa shape index (κ2) is 5.37. The summed E-state index contributed by atoms with van der Waals surface area (Å²) in [5.74, 6) is 1.77. The summed E-state index contributed by atoms with van der Waals surface area (Å²) in [4.78, 5) is 0. The van der Waals surface area contributed by atoms with Crippen molar-refractivity contribution >= 4 is 11.6 Å². The average Bonchev–Trinajstić information content (AvgIpc) is 2.39. The number of rotatable bonds is 2. The number of nitriles is 1. The van der Waals surface area contributed by atoms with Crippen molar-refractivity contribution in [1.29, 1.82) is 5.26 Å². The molecule has 3 atom stereocenters. The van der Waals surface area contributed by atoms with Gasteiger partial charge in [0.15, 0.2) is 0 Å². The molecule has 0 saturated heterocycles. The highest BCUT2D eigenvalue weighted by Gasteiger charge is 2.30. The molecule has 1 aliphatic rings. The molecule has 0 bridgehead atoms.